The molecule has 0 aliphatic carbocycles. The lowest BCUT2D eigenvalue weighted by atomic mass is 10.1. The van der Waals surface area contributed by atoms with Crippen molar-refractivity contribution in [3.05, 3.63) is 36.0 Å². The van der Waals surface area contributed by atoms with Gasteiger partial charge in [0.1, 0.15) is 0 Å². The lowest BCUT2D eigenvalue weighted by molar-refractivity contribution is 0.776. The summed E-state index contributed by atoms with van der Waals surface area (Å²) in [5, 5.41) is 4.14. The first-order valence-electron chi connectivity index (χ1n) is 5.09. The molecular weight excluding hydrogens is 186 g/mol. The van der Waals surface area contributed by atoms with Crippen molar-refractivity contribution in [2.45, 2.75) is 13.3 Å². The molecule has 0 amide bonds. The topological polar surface area (TPSA) is 43.8 Å². The molecule has 1 aromatic carbocycles. The van der Waals surface area contributed by atoms with E-state index in [1.54, 1.807) is 6.20 Å². The average molecular weight is 201 g/mol. The number of aryl methyl sites for hydroxylation is 2. The molecule has 2 N–H and O–H groups in total. The Morgan fingerprint density at radius 2 is 2.20 bits per heavy atom. The Morgan fingerprint density at radius 1 is 1.40 bits per heavy atom. The summed E-state index contributed by atoms with van der Waals surface area (Å²) in [6.45, 7) is 2.14. The standard InChI is InChI=1S/C12H15N3/c1-3-9-5-4-6-10(7-9)12-11(13)8-14-15(12)2/h4-8H,3,13H2,1-2H3. The van der Waals surface area contributed by atoms with E-state index in [4.69, 9.17) is 5.73 Å². The quantitative estimate of drug-likeness (QED) is 0.809. The third kappa shape index (κ3) is 1.73. The summed E-state index contributed by atoms with van der Waals surface area (Å²) in [6.07, 6.45) is 2.72. The van der Waals surface area contributed by atoms with Gasteiger partial charge in [-0.25, -0.2) is 0 Å². The summed E-state index contributed by atoms with van der Waals surface area (Å²) in [6, 6.07) is 8.40. The first kappa shape index (κ1) is 9.77. The van der Waals surface area contributed by atoms with Gasteiger partial charge in [-0.2, -0.15) is 5.10 Å². The molecule has 0 saturated heterocycles. The number of hydrogen-bond donors (Lipinski definition) is 1. The van der Waals surface area contributed by atoms with E-state index in [1.165, 1.54) is 5.56 Å². The predicted octanol–water partition coefficient (Wildman–Crippen LogP) is 2.23. The van der Waals surface area contributed by atoms with E-state index < -0.39 is 0 Å². The fourth-order valence-electron chi connectivity index (χ4n) is 1.75. The Labute approximate surface area is 89.5 Å². The van der Waals surface area contributed by atoms with Crippen molar-refractivity contribution in [3.8, 4) is 11.3 Å². The van der Waals surface area contributed by atoms with E-state index in [2.05, 4.69) is 36.3 Å². The number of nitrogen functional groups attached to an aromatic ring is 1. The first-order chi connectivity index (χ1) is 7.22. The molecule has 0 bridgehead atoms. The van der Waals surface area contributed by atoms with Gasteiger partial charge in [-0.05, 0) is 18.1 Å². The van der Waals surface area contributed by atoms with Gasteiger partial charge in [0.05, 0.1) is 17.6 Å². The van der Waals surface area contributed by atoms with Crippen LogP contribution < -0.4 is 5.73 Å². The highest BCUT2D eigenvalue weighted by atomic mass is 15.3. The summed E-state index contributed by atoms with van der Waals surface area (Å²) in [7, 11) is 1.91. The molecule has 0 fully saturated rings. The Balaban J connectivity index is 2.53. The second-order valence-electron chi connectivity index (χ2n) is 3.63. The minimum atomic E-state index is 0.728. The van der Waals surface area contributed by atoms with E-state index in [0.717, 1.165) is 23.4 Å². The van der Waals surface area contributed by atoms with Gasteiger partial charge in [0.2, 0.25) is 0 Å². The van der Waals surface area contributed by atoms with Crippen LogP contribution in [0.3, 0.4) is 0 Å². The largest absolute Gasteiger partial charge is 0.396 e. The van der Waals surface area contributed by atoms with Gasteiger partial charge in [0.15, 0.2) is 0 Å². The van der Waals surface area contributed by atoms with Gasteiger partial charge in [-0.15, -0.1) is 0 Å². The van der Waals surface area contributed by atoms with Crippen molar-refractivity contribution in [1.29, 1.82) is 0 Å². The second-order valence-corrected chi connectivity index (χ2v) is 3.63. The van der Waals surface area contributed by atoms with Gasteiger partial charge in [0.25, 0.3) is 0 Å². The molecule has 3 nitrogen and oxygen atoms in total. The van der Waals surface area contributed by atoms with E-state index in [9.17, 15) is 0 Å². The third-order valence-electron chi connectivity index (χ3n) is 2.58. The van der Waals surface area contributed by atoms with Crippen molar-refractivity contribution >= 4 is 5.69 Å². The molecule has 0 aliphatic heterocycles. The van der Waals surface area contributed by atoms with Crippen LogP contribution in [0.5, 0.6) is 0 Å². The molecule has 78 valence electrons. The van der Waals surface area contributed by atoms with Crippen LogP contribution in [0.1, 0.15) is 12.5 Å². The Bertz CT molecular complexity index is 452. The summed E-state index contributed by atoms with van der Waals surface area (Å²) in [4.78, 5) is 0. The van der Waals surface area contributed by atoms with Gasteiger partial charge in [-0.3, -0.25) is 4.68 Å². The van der Waals surface area contributed by atoms with Crippen LogP contribution in [0, 0.1) is 0 Å². The van der Waals surface area contributed by atoms with Crippen LogP contribution >= 0.6 is 0 Å². The Hall–Kier alpha value is -1.77. The molecule has 2 aromatic rings. The SMILES string of the molecule is CCc1cccc(-c2c(N)cnn2C)c1. The minimum absolute atomic E-state index is 0.728. The maximum atomic E-state index is 5.88. The van der Waals surface area contributed by atoms with Crippen LogP contribution in [0.2, 0.25) is 0 Å². The zero-order valence-electron chi connectivity index (χ0n) is 9.07. The molecule has 3 heteroatoms. The number of aromatic nitrogens is 2. The number of benzene rings is 1. The van der Waals surface area contributed by atoms with Crippen molar-refractivity contribution in [3.63, 3.8) is 0 Å². The molecule has 2 rings (SSSR count). The molecule has 0 atom stereocenters. The average Bonchev–Trinajstić information content (AvgIpc) is 2.59. The first-order valence-corrected chi connectivity index (χ1v) is 5.09. The van der Waals surface area contributed by atoms with Crippen molar-refractivity contribution < 1.29 is 0 Å². The number of hydrogen-bond acceptors (Lipinski definition) is 2. The van der Waals surface area contributed by atoms with Gasteiger partial charge < -0.3 is 5.73 Å². The summed E-state index contributed by atoms with van der Waals surface area (Å²) < 4.78 is 1.81. The number of rotatable bonds is 2. The highest BCUT2D eigenvalue weighted by Crippen LogP contribution is 2.25. The van der Waals surface area contributed by atoms with E-state index in [0.29, 0.717) is 0 Å². The molecule has 0 unspecified atom stereocenters. The minimum Gasteiger partial charge on any atom is -0.396 e. The fraction of sp³-hybridized carbons (Fsp3) is 0.250. The highest BCUT2D eigenvalue weighted by Gasteiger charge is 2.07. The van der Waals surface area contributed by atoms with Gasteiger partial charge in [0, 0.05) is 12.6 Å². The van der Waals surface area contributed by atoms with Crippen molar-refractivity contribution in [2.24, 2.45) is 7.05 Å². The van der Waals surface area contributed by atoms with Crippen LogP contribution in [0.25, 0.3) is 11.3 Å². The van der Waals surface area contributed by atoms with E-state index in [1.807, 2.05) is 11.7 Å². The zero-order chi connectivity index (χ0) is 10.8. The highest BCUT2D eigenvalue weighted by molar-refractivity contribution is 5.72. The zero-order valence-corrected chi connectivity index (χ0v) is 9.07. The molecule has 0 aliphatic rings. The summed E-state index contributed by atoms with van der Waals surface area (Å²) in [5.41, 5.74) is 10.0. The fourth-order valence-corrected chi connectivity index (χ4v) is 1.75. The Morgan fingerprint density at radius 3 is 2.80 bits per heavy atom. The lowest BCUT2D eigenvalue weighted by Gasteiger charge is -2.05. The van der Waals surface area contributed by atoms with Crippen LogP contribution in [-0.4, -0.2) is 9.78 Å². The Kier molecular flexibility index (Phi) is 2.46. The normalized spacial score (nSPS) is 10.5. The van der Waals surface area contributed by atoms with Crippen LogP contribution in [-0.2, 0) is 13.5 Å². The van der Waals surface area contributed by atoms with Gasteiger partial charge in [-0.1, -0.05) is 25.1 Å². The van der Waals surface area contributed by atoms with Gasteiger partial charge >= 0.3 is 0 Å². The maximum Gasteiger partial charge on any atom is 0.0908 e. The lowest BCUT2D eigenvalue weighted by Crippen LogP contribution is -1.96. The van der Waals surface area contributed by atoms with Crippen LogP contribution in [0.4, 0.5) is 5.69 Å². The maximum absolute atomic E-state index is 5.88. The molecular formula is C12H15N3. The summed E-state index contributed by atoms with van der Waals surface area (Å²) in [5.74, 6) is 0. The third-order valence-corrected chi connectivity index (χ3v) is 2.58. The van der Waals surface area contributed by atoms with E-state index >= 15 is 0 Å². The molecule has 1 heterocycles. The number of nitrogens with two attached hydrogens (primary N) is 1. The molecule has 0 spiro atoms. The summed E-state index contributed by atoms with van der Waals surface area (Å²) >= 11 is 0. The number of anilines is 1. The molecule has 0 saturated carbocycles. The second kappa shape index (κ2) is 3.77. The predicted molar refractivity (Wildman–Crippen MR) is 62.4 cm³/mol. The van der Waals surface area contributed by atoms with E-state index in [-0.39, 0.29) is 0 Å². The molecule has 15 heavy (non-hydrogen) atoms. The van der Waals surface area contributed by atoms with Crippen LogP contribution in [0.15, 0.2) is 30.5 Å². The monoisotopic (exact) mass is 201 g/mol. The van der Waals surface area contributed by atoms with Crippen molar-refractivity contribution in [1.82, 2.24) is 9.78 Å². The number of nitrogens with zero attached hydrogens (tertiary/aromatic N) is 2. The smallest absolute Gasteiger partial charge is 0.0908 e. The molecule has 1 aromatic heterocycles. The van der Waals surface area contributed by atoms with Crippen molar-refractivity contribution in [2.75, 3.05) is 5.73 Å². The molecule has 0 radical (unpaired) electrons.